The third kappa shape index (κ3) is 5.78. The summed E-state index contributed by atoms with van der Waals surface area (Å²) in [5, 5.41) is 10.8. The third-order valence-electron chi connectivity index (χ3n) is 5.15. The highest BCUT2D eigenvalue weighted by Crippen LogP contribution is 2.32. The topological polar surface area (TPSA) is 124 Å². The van der Waals surface area contributed by atoms with Gasteiger partial charge in [-0.3, -0.25) is 0 Å². The molecule has 4 aromatic rings. The van der Waals surface area contributed by atoms with Gasteiger partial charge in [0.25, 0.3) is 0 Å². The van der Waals surface area contributed by atoms with E-state index in [1.807, 2.05) is 0 Å². The molecule has 2 aromatic carbocycles. The summed E-state index contributed by atoms with van der Waals surface area (Å²) >= 11 is 0. The summed E-state index contributed by atoms with van der Waals surface area (Å²) < 4.78 is 50.2. The first kappa shape index (κ1) is 22.4. The third-order valence-corrected chi connectivity index (χ3v) is 5.15. The lowest BCUT2D eigenvalue weighted by Gasteiger charge is -2.09. The van der Waals surface area contributed by atoms with Crippen LogP contribution in [0.5, 0.6) is 17.5 Å². The summed E-state index contributed by atoms with van der Waals surface area (Å²) in [6, 6.07) is 13.3. The highest BCUT2D eigenvalue weighted by atomic mass is 19.4. The van der Waals surface area contributed by atoms with E-state index in [1.54, 1.807) is 30.3 Å². The van der Waals surface area contributed by atoms with Gasteiger partial charge < -0.3 is 25.5 Å². The molecule has 1 aliphatic rings. The molecule has 0 unspecified atom stereocenters. The Morgan fingerprint density at radius 3 is 2.51 bits per heavy atom. The minimum absolute atomic E-state index is 0.0485. The largest absolute Gasteiger partial charge is 0.477 e. The van der Waals surface area contributed by atoms with Crippen LogP contribution in [0.1, 0.15) is 18.4 Å². The van der Waals surface area contributed by atoms with Crippen LogP contribution in [0.2, 0.25) is 0 Å². The number of alkyl halides is 3. The van der Waals surface area contributed by atoms with Gasteiger partial charge in [0.2, 0.25) is 23.7 Å². The van der Waals surface area contributed by atoms with E-state index >= 15 is 0 Å². The molecule has 0 amide bonds. The molecule has 1 aliphatic carbocycles. The second kappa shape index (κ2) is 9.12. The summed E-state index contributed by atoms with van der Waals surface area (Å²) in [4.78, 5) is 11.1. The summed E-state index contributed by atoms with van der Waals surface area (Å²) in [5.74, 6) is 2.36. The standard InChI is InChI=1S/C23H20F3N7O2/c24-23(25,26)15-2-1-3-16(10-15)28-22-31-20(32-33-22)14-6-8-17(9-7-14)35-19-11-18(29-21(27)30-19)34-12-13-4-5-13/h1-3,6-11,13H,4-5,12H2,(H2,27,29,30)(H2,28,31,32,33). The zero-order chi connectivity index (χ0) is 24.4. The Balaban J connectivity index is 1.24. The van der Waals surface area contributed by atoms with E-state index in [1.165, 1.54) is 12.1 Å². The first-order chi connectivity index (χ1) is 16.8. The predicted molar refractivity (Wildman–Crippen MR) is 121 cm³/mol. The predicted octanol–water partition coefficient (Wildman–Crippen LogP) is 5.19. The van der Waals surface area contributed by atoms with Crippen LogP contribution in [-0.2, 0) is 6.18 Å². The maximum Gasteiger partial charge on any atom is 0.416 e. The Labute approximate surface area is 197 Å². The first-order valence-electron chi connectivity index (χ1n) is 10.7. The van der Waals surface area contributed by atoms with Gasteiger partial charge >= 0.3 is 6.18 Å². The van der Waals surface area contributed by atoms with Gasteiger partial charge in [-0.05, 0) is 61.2 Å². The maximum atomic E-state index is 12.9. The zero-order valence-corrected chi connectivity index (χ0v) is 18.2. The van der Waals surface area contributed by atoms with Gasteiger partial charge in [0.05, 0.1) is 18.2 Å². The van der Waals surface area contributed by atoms with Crippen LogP contribution in [0.25, 0.3) is 11.4 Å². The molecular weight excluding hydrogens is 463 g/mol. The second-order valence-electron chi connectivity index (χ2n) is 8.01. The van der Waals surface area contributed by atoms with Crippen LogP contribution in [0, 0.1) is 5.92 Å². The number of aromatic nitrogens is 5. The van der Waals surface area contributed by atoms with E-state index in [9.17, 15) is 13.2 Å². The van der Waals surface area contributed by atoms with Crippen molar-refractivity contribution < 1.29 is 22.6 Å². The van der Waals surface area contributed by atoms with Crippen molar-refractivity contribution in [2.45, 2.75) is 19.0 Å². The molecule has 4 N–H and O–H groups in total. The van der Waals surface area contributed by atoms with Crippen molar-refractivity contribution in [3.05, 3.63) is 60.2 Å². The summed E-state index contributed by atoms with van der Waals surface area (Å²) in [5.41, 5.74) is 5.92. The van der Waals surface area contributed by atoms with E-state index in [2.05, 4.69) is 30.5 Å². The normalized spacial score (nSPS) is 13.5. The average molecular weight is 483 g/mol. The van der Waals surface area contributed by atoms with Crippen molar-refractivity contribution in [2.24, 2.45) is 5.92 Å². The number of halogens is 3. The molecule has 0 aliphatic heterocycles. The van der Waals surface area contributed by atoms with Crippen LogP contribution in [-0.4, -0.2) is 31.8 Å². The van der Waals surface area contributed by atoms with Crippen LogP contribution in [0.3, 0.4) is 0 Å². The number of nitrogens with two attached hydrogens (primary N) is 1. The van der Waals surface area contributed by atoms with Crippen molar-refractivity contribution in [3.8, 4) is 28.9 Å². The smallest absolute Gasteiger partial charge is 0.416 e. The molecule has 0 saturated heterocycles. The number of nitrogen functional groups attached to an aromatic ring is 1. The fourth-order valence-corrected chi connectivity index (χ4v) is 3.19. The summed E-state index contributed by atoms with van der Waals surface area (Å²) in [7, 11) is 0. The second-order valence-corrected chi connectivity index (χ2v) is 8.01. The number of hydrogen-bond donors (Lipinski definition) is 3. The average Bonchev–Trinajstić information content (AvgIpc) is 3.54. The van der Waals surface area contributed by atoms with Crippen molar-refractivity contribution in [1.29, 1.82) is 0 Å². The Morgan fingerprint density at radius 1 is 1.00 bits per heavy atom. The van der Waals surface area contributed by atoms with Crippen LogP contribution >= 0.6 is 0 Å². The molecule has 0 bridgehead atoms. The Kier molecular flexibility index (Phi) is 5.85. The number of H-pyrrole nitrogens is 1. The summed E-state index contributed by atoms with van der Waals surface area (Å²) in [6.07, 6.45) is -2.12. The van der Waals surface area contributed by atoms with Gasteiger partial charge in [0.15, 0.2) is 5.82 Å². The quantitative estimate of drug-likeness (QED) is 0.313. The lowest BCUT2D eigenvalue weighted by molar-refractivity contribution is -0.137. The van der Waals surface area contributed by atoms with Gasteiger partial charge in [-0.15, -0.1) is 10.2 Å². The van der Waals surface area contributed by atoms with Crippen LogP contribution in [0.15, 0.2) is 54.6 Å². The number of rotatable bonds is 8. The molecule has 1 fully saturated rings. The van der Waals surface area contributed by atoms with Gasteiger partial charge in [-0.1, -0.05) is 6.07 Å². The number of ether oxygens (including phenoxy) is 2. The lowest BCUT2D eigenvalue weighted by Crippen LogP contribution is -2.05. The maximum absolute atomic E-state index is 12.9. The molecule has 180 valence electrons. The molecule has 2 aromatic heterocycles. The number of anilines is 3. The van der Waals surface area contributed by atoms with Crippen molar-refractivity contribution in [3.63, 3.8) is 0 Å². The van der Waals surface area contributed by atoms with E-state index < -0.39 is 11.7 Å². The van der Waals surface area contributed by atoms with Crippen molar-refractivity contribution in [1.82, 2.24) is 25.1 Å². The van der Waals surface area contributed by atoms with Crippen LogP contribution < -0.4 is 20.5 Å². The molecule has 0 spiro atoms. The van der Waals surface area contributed by atoms with E-state index in [-0.39, 0.29) is 23.5 Å². The van der Waals surface area contributed by atoms with Gasteiger partial charge in [0.1, 0.15) is 5.75 Å². The minimum atomic E-state index is -4.43. The molecule has 12 heteroatoms. The number of benzene rings is 2. The Hall–Kier alpha value is -4.35. The molecular formula is C23H20F3N7O2. The van der Waals surface area contributed by atoms with E-state index in [0.29, 0.717) is 35.5 Å². The highest BCUT2D eigenvalue weighted by Gasteiger charge is 2.30. The summed E-state index contributed by atoms with van der Waals surface area (Å²) in [6.45, 7) is 0.590. The fraction of sp³-hybridized carbons (Fsp3) is 0.217. The fourth-order valence-electron chi connectivity index (χ4n) is 3.19. The van der Waals surface area contributed by atoms with Crippen molar-refractivity contribution in [2.75, 3.05) is 17.7 Å². The Bertz CT molecular complexity index is 1320. The first-order valence-corrected chi connectivity index (χ1v) is 10.7. The Morgan fingerprint density at radius 2 is 1.77 bits per heavy atom. The molecule has 35 heavy (non-hydrogen) atoms. The molecule has 0 atom stereocenters. The molecule has 0 radical (unpaired) electrons. The monoisotopic (exact) mass is 483 g/mol. The SMILES string of the molecule is Nc1nc(OCC2CC2)cc(Oc2ccc(-c3nnc(Nc4cccc(C(F)(F)F)c4)[nH]3)cc2)n1. The minimum Gasteiger partial charge on any atom is -0.477 e. The van der Waals surface area contributed by atoms with E-state index in [0.717, 1.165) is 25.0 Å². The molecule has 2 heterocycles. The van der Waals surface area contributed by atoms with E-state index in [4.69, 9.17) is 15.2 Å². The highest BCUT2D eigenvalue weighted by molar-refractivity contribution is 5.60. The number of hydrogen-bond acceptors (Lipinski definition) is 8. The van der Waals surface area contributed by atoms with Gasteiger partial charge in [0, 0.05) is 11.3 Å². The van der Waals surface area contributed by atoms with Gasteiger partial charge in [-0.2, -0.15) is 23.1 Å². The number of aromatic amines is 1. The molecule has 9 nitrogen and oxygen atoms in total. The van der Waals surface area contributed by atoms with Crippen LogP contribution in [0.4, 0.5) is 30.8 Å². The van der Waals surface area contributed by atoms with Gasteiger partial charge in [-0.25, -0.2) is 0 Å². The lowest BCUT2D eigenvalue weighted by atomic mass is 10.2. The number of nitrogens with zero attached hydrogens (tertiary/aromatic N) is 4. The number of nitrogens with one attached hydrogen (secondary N) is 2. The molecule has 5 rings (SSSR count). The molecule has 1 saturated carbocycles. The zero-order valence-electron chi connectivity index (χ0n) is 18.2. The van der Waals surface area contributed by atoms with Crippen molar-refractivity contribution >= 4 is 17.6 Å².